The second-order valence-corrected chi connectivity index (χ2v) is 13.2. The molecule has 8 nitrogen and oxygen atoms in total. The number of aromatic nitrogens is 1. The van der Waals surface area contributed by atoms with Crippen LogP contribution in [0.2, 0.25) is 0 Å². The largest absolute Gasteiger partial charge is 0.507 e. The second-order valence-electron chi connectivity index (χ2n) is 12.2. The molecule has 1 amide bonds. The van der Waals surface area contributed by atoms with Crippen LogP contribution in [0.4, 0.5) is 5.13 Å². The lowest BCUT2D eigenvalue weighted by Crippen LogP contribution is -2.29. The van der Waals surface area contributed by atoms with Gasteiger partial charge in [0.05, 0.1) is 35.0 Å². The van der Waals surface area contributed by atoms with Gasteiger partial charge in [0.1, 0.15) is 17.6 Å². The molecule has 0 unspecified atom stereocenters. The second kappa shape index (κ2) is 12.2. The van der Waals surface area contributed by atoms with Crippen molar-refractivity contribution in [1.82, 2.24) is 4.98 Å². The number of amides is 1. The third-order valence-electron chi connectivity index (χ3n) is 8.17. The molecule has 1 fully saturated rings. The zero-order valence-corrected chi connectivity index (χ0v) is 27.3. The molecule has 1 aromatic heterocycles. The molecule has 45 heavy (non-hydrogen) atoms. The van der Waals surface area contributed by atoms with Gasteiger partial charge in [-0.05, 0) is 98.7 Å². The maximum Gasteiger partial charge on any atom is 0.301 e. The van der Waals surface area contributed by atoms with Crippen molar-refractivity contribution in [3.05, 3.63) is 81.9 Å². The molecule has 234 valence electrons. The first-order valence-corrected chi connectivity index (χ1v) is 16.3. The van der Waals surface area contributed by atoms with Crippen LogP contribution >= 0.6 is 11.3 Å². The van der Waals surface area contributed by atoms with Crippen LogP contribution in [0.15, 0.2) is 54.1 Å². The molecular weight excluding hydrogens is 588 g/mol. The van der Waals surface area contributed by atoms with Crippen LogP contribution in [0.1, 0.15) is 68.0 Å². The molecule has 3 heterocycles. The molecular formula is C36H38N2O6S. The molecule has 0 bridgehead atoms. The molecule has 0 saturated carbocycles. The van der Waals surface area contributed by atoms with Gasteiger partial charge in [0, 0.05) is 12.0 Å². The fourth-order valence-electron chi connectivity index (χ4n) is 6.02. The van der Waals surface area contributed by atoms with Gasteiger partial charge >= 0.3 is 5.91 Å². The maximum atomic E-state index is 13.9. The predicted molar refractivity (Wildman–Crippen MR) is 177 cm³/mol. The zero-order chi connectivity index (χ0) is 32.0. The van der Waals surface area contributed by atoms with Gasteiger partial charge in [-0.3, -0.25) is 14.5 Å². The number of hydrogen-bond acceptors (Lipinski definition) is 8. The number of carbonyl (C=O) groups excluding carboxylic acids is 2. The number of Topliss-reactive ketones (excluding diaryl/α,β-unsaturated/α-hetero) is 1. The molecule has 2 atom stereocenters. The number of aryl methyl sites for hydroxylation is 2. The molecule has 0 spiro atoms. The highest BCUT2D eigenvalue weighted by Crippen LogP contribution is 2.46. The van der Waals surface area contributed by atoms with E-state index in [2.05, 4.69) is 13.8 Å². The SMILES string of the molecule is CCOc1cc([C@H]2/C(=C(\O)c3ccc4c(c3)C[C@@H](C)O4)C(=O)C(=O)N2c2nc3c(C)cc(C)cc3s2)ccc1OCCC(C)C. The van der Waals surface area contributed by atoms with E-state index in [-0.39, 0.29) is 17.4 Å². The van der Waals surface area contributed by atoms with Crippen molar-refractivity contribution >= 4 is 44.1 Å². The molecule has 9 heteroatoms. The minimum atomic E-state index is -0.945. The van der Waals surface area contributed by atoms with Crippen LogP contribution in [0.25, 0.3) is 16.0 Å². The Morgan fingerprint density at radius 3 is 2.64 bits per heavy atom. The van der Waals surface area contributed by atoms with E-state index in [1.165, 1.54) is 16.2 Å². The van der Waals surface area contributed by atoms with E-state index in [9.17, 15) is 14.7 Å². The summed E-state index contributed by atoms with van der Waals surface area (Å²) in [7, 11) is 0. The Bertz CT molecular complexity index is 1840. The van der Waals surface area contributed by atoms with Gasteiger partial charge in [-0.25, -0.2) is 4.98 Å². The van der Waals surface area contributed by atoms with E-state index in [1.807, 2.05) is 52.0 Å². The van der Waals surface area contributed by atoms with Gasteiger partial charge in [-0.15, -0.1) is 0 Å². The summed E-state index contributed by atoms with van der Waals surface area (Å²) in [6.07, 6.45) is 1.59. The van der Waals surface area contributed by atoms with Crippen molar-refractivity contribution in [1.29, 1.82) is 0 Å². The Morgan fingerprint density at radius 2 is 1.89 bits per heavy atom. The summed E-state index contributed by atoms with van der Waals surface area (Å²) >= 11 is 1.35. The summed E-state index contributed by atoms with van der Waals surface area (Å²) in [6.45, 7) is 13.1. The van der Waals surface area contributed by atoms with Crippen molar-refractivity contribution in [2.24, 2.45) is 5.92 Å². The van der Waals surface area contributed by atoms with Gasteiger partial charge in [0.15, 0.2) is 16.6 Å². The third-order valence-corrected chi connectivity index (χ3v) is 9.18. The zero-order valence-electron chi connectivity index (χ0n) is 26.5. The number of nitrogens with zero attached hydrogens (tertiary/aromatic N) is 2. The molecule has 1 saturated heterocycles. The summed E-state index contributed by atoms with van der Waals surface area (Å²) in [6, 6.07) is 13.9. The van der Waals surface area contributed by atoms with Crippen LogP contribution in [0, 0.1) is 19.8 Å². The van der Waals surface area contributed by atoms with Crippen LogP contribution in [0.3, 0.4) is 0 Å². The quantitative estimate of drug-likeness (QED) is 0.116. The Kier molecular flexibility index (Phi) is 8.31. The van der Waals surface area contributed by atoms with Crippen molar-refractivity contribution in [2.75, 3.05) is 18.1 Å². The average molecular weight is 627 g/mol. The summed E-state index contributed by atoms with van der Waals surface area (Å²) in [5, 5.41) is 12.2. The van der Waals surface area contributed by atoms with Gasteiger partial charge in [-0.2, -0.15) is 0 Å². The highest BCUT2D eigenvalue weighted by Gasteiger charge is 2.48. The van der Waals surface area contributed by atoms with E-state index in [0.29, 0.717) is 53.3 Å². The molecule has 2 aliphatic rings. The number of fused-ring (bicyclic) bond motifs is 2. The summed E-state index contributed by atoms with van der Waals surface area (Å²) in [5.41, 5.74) is 4.82. The predicted octanol–water partition coefficient (Wildman–Crippen LogP) is 7.69. The number of hydrogen-bond donors (Lipinski definition) is 1. The number of carbonyl (C=O) groups is 2. The standard InChI is InChI=1S/C36H38N2O6S/c1-7-42-28-18-23(8-11-27(28)43-13-12-19(2)3)32-30(33(39)24-9-10-26-25(17-24)16-22(6)44-26)34(40)35(41)38(32)36-37-31-21(5)14-20(4)15-29(31)45-36/h8-11,14-15,17-19,22,32,39H,7,12-13,16H2,1-6H3/b33-30+/t22-,32+/m1/s1. The van der Waals surface area contributed by atoms with Crippen LogP contribution < -0.4 is 19.1 Å². The first-order chi connectivity index (χ1) is 21.5. The average Bonchev–Trinajstić information content (AvgIpc) is 3.65. The van der Waals surface area contributed by atoms with Gasteiger partial charge in [-0.1, -0.05) is 37.3 Å². The number of benzene rings is 3. The Balaban J connectivity index is 1.51. The number of ketones is 1. The molecule has 6 rings (SSSR count). The van der Waals surface area contributed by atoms with E-state index in [1.54, 1.807) is 24.3 Å². The first kappa shape index (κ1) is 30.6. The smallest absolute Gasteiger partial charge is 0.301 e. The van der Waals surface area contributed by atoms with Crippen LogP contribution in [0.5, 0.6) is 17.2 Å². The van der Waals surface area contributed by atoms with Gasteiger partial charge in [0.25, 0.3) is 5.78 Å². The Hall–Kier alpha value is -4.37. The molecule has 1 N–H and O–H groups in total. The molecule has 3 aromatic carbocycles. The lowest BCUT2D eigenvalue weighted by Gasteiger charge is -2.24. The number of thiazole rings is 1. The molecule has 4 aromatic rings. The lowest BCUT2D eigenvalue weighted by molar-refractivity contribution is -0.132. The van der Waals surface area contributed by atoms with Gasteiger partial charge in [0.2, 0.25) is 0 Å². The Labute approximate surface area is 267 Å². The van der Waals surface area contributed by atoms with Crippen molar-refractivity contribution in [3.63, 3.8) is 0 Å². The van der Waals surface area contributed by atoms with E-state index in [4.69, 9.17) is 19.2 Å². The minimum absolute atomic E-state index is 0.00463. The summed E-state index contributed by atoms with van der Waals surface area (Å²) in [4.78, 5) is 34.0. The Morgan fingerprint density at radius 1 is 1.09 bits per heavy atom. The van der Waals surface area contributed by atoms with E-state index < -0.39 is 17.7 Å². The van der Waals surface area contributed by atoms with Crippen LogP contribution in [-0.4, -0.2) is 41.1 Å². The van der Waals surface area contributed by atoms with Gasteiger partial charge < -0.3 is 19.3 Å². The highest BCUT2D eigenvalue weighted by molar-refractivity contribution is 7.22. The van der Waals surface area contributed by atoms with Crippen molar-refractivity contribution in [3.8, 4) is 17.2 Å². The van der Waals surface area contributed by atoms with Crippen molar-refractivity contribution in [2.45, 2.75) is 66.5 Å². The van der Waals surface area contributed by atoms with E-state index in [0.717, 1.165) is 39.1 Å². The topological polar surface area (TPSA) is 98.2 Å². The lowest BCUT2D eigenvalue weighted by atomic mass is 9.94. The maximum absolute atomic E-state index is 13.9. The monoisotopic (exact) mass is 626 g/mol. The summed E-state index contributed by atoms with van der Waals surface area (Å²) < 4.78 is 18.8. The number of anilines is 1. The highest BCUT2D eigenvalue weighted by atomic mass is 32.1. The minimum Gasteiger partial charge on any atom is -0.507 e. The van der Waals surface area contributed by atoms with Crippen molar-refractivity contribution < 1.29 is 28.9 Å². The fourth-order valence-corrected chi connectivity index (χ4v) is 7.19. The number of rotatable bonds is 9. The van der Waals surface area contributed by atoms with Crippen LogP contribution in [-0.2, 0) is 16.0 Å². The number of aliphatic hydroxyl groups is 1. The number of aliphatic hydroxyl groups excluding tert-OH is 1. The summed E-state index contributed by atoms with van der Waals surface area (Å²) in [5.74, 6) is 0.557. The third kappa shape index (κ3) is 5.77. The van der Waals surface area contributed by atoms with E-state index >= 15 is 0 Å². The molecule has 0 aliphatic carbocycles. The number of ether oxygens (including phenoxy) is 3. The first-order valence-electron chi connectivity index (χ1n) is 15.4. The molecule has 2 aliphatic heterocycles. The molecule has 0 radical (unpaired) electrons. The normalized spacial score (nSPS) is 19.0. The fraction of sp³-hybridized carbons (Fsp3) is 0.361.